The highest BCUT2D eigenvalue weighted by molar-refractivity contribution is 5.85. The normalized spacial score (nSPS) is 21.5. The van der Waals surface area contributed by atoms with Crippen molar-refractivity contribution < 1.29 is 9.32 Å². The van der Waals surface area contributed by atoms with Crippen LogP contribution < -0.4 is 5.73 Å². The number of rotatable bonds is 6. The van der Waals surface area contributed by atoms with E-state index in [2.05, 4.69) is 10.1 Å². The van der Waals surface area contributed by atoms with Crippen LogP contribution in [0.4, 0.5) is 0 Å². The fourth-order valence-electron chi connectivity index (χ4n) is 2.99. The highest BCUT2D eigenvalue weighted by Gasteiger charge is 2.29. The molecule has 2 aliphatic rings. The molecule has 7 heteroatoms. The van der Waals surface area contributed by atoms with Gasteiger partial charge in [-0.15, -0.1) is 12.4 Å². The number of likely N-dealkylation sites (tertiary alicyclic amines) is 1. The van der Waals surface area contributed by atoms with Crippen LogP contribution in [0.25, 0.3) is 0 Å². The van der Waals surface area contributed by atoms with E-state index in [-0.39, 0.29) is 24.4 Å². The second-order valence-corrected chi connectivity index (χ2v) is 6.15. The van der Waals surface area contributed by atoms with E-state index < -0.39 is 0 Å². The lowest BCUT2D eigenvalue weighted by Gasteiger charge is -2.35. The standard InChI is InChI=1S/C15H24N4O2.ClH/c16-10-12-4-1-2-9-19(12)14(20)6-3-5-13-17-15(18-21-13)11-7-8-11;/h11-12H,1-10,16H2;1H. The summed E-state index contributed by atoms with van der Waals surface area (Å²) in [4.78, 5) is 18.6. The smallest absolute Gasteiger partial charge is 0.226 e. The molecular formula is C15H25ClN4O2. The number of hydrogen-bond donors (Lipinski definition) is 1. The molecule has 1 saturated heterocycles. The van der Waals surface area contributed by atoms with Crippen LogP contribution in [0.3, 0.4) is 0 Å². The number of aromatic nitrogens is 2. The first-order chi connectivity index (χ1) is 10.3. The highest BCUT2D eigenvalue weighted by atomic mass is 35.5. The molecule has 0 spiro atoms. The van der Waals surface area contributed by atoms with Crippen molar-refractivity contribution in [1.82, 2.24) is 15.0 Å². The van der Waals surface area contributed by atoms with Crippen molar-refractivity contribution in [2.75, 3.05) is 13.1 Å². The third-order valence-electron chi connectivity index (χ3n) is 4.43. The summed E-state index contributed by atoms with van der Waals surface area (Å²) in [6, 6.07) is 0.233. The monoisotopic (exact) mass is 328 g/mol. The number of amides is 1. The maximum atomic E-state index is 12.3. The number of carbonyl (C=O) groups is 1. The summed E-state index contributed by atoms with van der Waals surface area (Å²) in [7, 11) is 0. The molecule has 1 atom stereocenters. The van der Waals surface area contributed by atoms with Crippen LogP contribution in [0.5, 0.6) is 0 Å². The van der Waals surface area contributed by atoms with Crippen molar-refractivity contribution >= 4 is 18.3 Å². The number of aryl methyl sites for hydroxylation is 1. The van der Waals surface area contributed by atoms with Gasteiger partial charge in [-0.3, -0.25) is 4.79 Å². The Kier molecular flexibility index (Phi) is 6.20. The minimum atomic E-state index is 0. The van der Waals surface area contributed by atoms with Crippen molar-refractivity contribution in [3.63, 3.8) is 0 Å². The van der Waals surface area contributed by atoms with E-state index in [9.17, 15) is 4.79 Å². The zero-order valence-corrected chi connectivity index (χ0v) is 13.7. The third kappa shape index (κ3) is 4.20. The molecule has 1 aliphatic heterocycles. The molecule has 0 aromatic carbocycles. The Morgan fingerprint density at radius 2 is 2.14 bits per heavy atom. The van der Waals surface area contributed by atoms with E-state index in [4.69, 9.17) is 10.3 Å². The Bertz CT molecular complexity index is 490. The van der Waals surface area contributed by atoms with Crippen LogP contribution in [0.2, 0.25) is 0 Å². The zero-order valence-electron chi connectivity index (χ0n) is 12.9. The first-order valence-electron chi connectivity index (χ1n) is 8.10. The van der Waals surface area contributed by atoms with Crippen LogP contribution in [0, 0.1) is 0 Å². The van der Waals surface area contributed by atoms with Gasteiger partial charge in [0.25, 0.3) is 0 Å². The van der Waals surface area contributed by atoms with Gasteiger partial charge in [-0.2, -0.15) is 4.98 Å². The SMILES string of the molecule is Cl.NCC1CCCCN1C(=O)CCCc1nc(C2CC2)no1. The molecule has 3 rings (SSSR count). The van der Waals surface area contributed by atoms with Crippen molar-refractivity contribution in [2.45, 2.75) is 63.3 Å². The van der Waals surface area contributed by atoms with Gasteiger partial charge in [0, 0.05) is 37.9 Å². The molecule has 1 amide bonds. The predicted octanol–water partition coefficient (Wildman–Crippen LogP) is 2.03. The fourth-order valence-corrected chi connectivity index (χ4v) is 2.99. The van der Waals surface area contributed by atoms with Crippen LogP contribution >= 0.6 is 12.4 Å². The summed E-state index contributed by atoms with van der Waals surface area (Å²) in [6.07, 6.45) is 7.65. The Hall–Kier alpha value is -1.14. The first kappa shape index (κ1) is 17.2. The van der Waals surface area contributed by atoms with Crippen molar-refractivity contribution in [3.8, 4) is 0 Å². The fraction of sp³-hybridized carbons (Fsp3) is 0.800. The van der Waals surface area contributed by atoms with Gasteiger partial charge in [-0.05, 0) is 38.5 Å². The zero-order chi connectivity index (χ0) is 14.7. The van der Waals surface area contributed by atoms with Crippen molar-refractivity contribution in [2.24, 2.45) is 5.73 Å². The number of hydrogen-bond acceptors (Lipinski definition) is 5. The molecule has 1 aromatic rings. The number of nitrogens with two attached hydrogens (primary N) is 1. The van der Waals surface area contributed by atoms with E-state index in [0.29, 0.717) is 31.2 Å². The van der Waals surface area contributed by atoms with Crippen LogP contribution in [0.15, 0.2) is 4.52 Å². The number of halogens is 1. The Labute approximate surface area is 137 Å². The maximum Gasteiger partial charge on any atom is 0.226 e. The highest BCUT2D eigenvalue weighted by Crippen LogP contribution is 2.38. The quantitative estimate of drug-likeness (QED) is 0.863. The molecular weight excluding hydrogens is 304 g/mol. The van der Waals surface area contributed by atoms with Gasteiger partial charge in [0.05, 0.1) is 0 Å². The molecule has 0 bridgehead atoms. The van der Waals surface area contributed by atoms with Gasteiger partial charge in [0.2, 0.25) is 11.8 Å². The lowest BCUT2D eigenvalue weighted by atomic mass is 10.0. The summed E-state index contributed by atoms with van der Waals surface area (Å²) in [5, 5.41) is 3.99. The summed E-state index contributed by atoms with van der Waals surface area (Å²) >= 11 is 0. The first-order valence-corrected chi connectivity index (χ1v) is 8.10. The molecule has 1 unspecified atom stereocenters. The largest absolute Gasteiger partial charge is 0.339 e. The number of piperidine rings is 1. The van der Waals surface area contributed by atoms with E-state index in [1.807, 2.05) is 4.90 Å². The van der Waals surface area contributed by atoms with Gasteiger partial charge in [0.1, 0.15) is 0 Å². The predicted molar refractivity (Wildman–Crippen MR) is 84.9 cm³/mol. The average molecular weight is 329 g/mol. The topological polar surface area (TPSA) is 85.2 Å². The van der Waals surface area contributed by atoms with Crippen molar-refractivity contribution in [1.29, 1.82) is 0 Å². The summed E-state index contributed by atoms with van der Waals surface area (Å²) in [5.41, 5.74) is 5.76. The molecule has 22 heavy (non-hydrogen) atoms. The number of carbonyl (C=O) groups excluding carboxylic acids is 1. The van der Waals surface area contributed by atoms with Gasteiger partial charge in [-0.25, -0.2) is 0 Å². The summed E-state index contributed by atoms with van der Waals surface area (Å²) < 4.78 is 5.23. The molecule has 6 nitrogen and oxygen atoms in total. The second kappa shape index (κ2) is 7.92. The summed E-state index contributed by atoms with van der Waals surface area (Å²) in [6.45, 7) is 1.42. The Morgan fingerprint density at radius 3 is 2.86 bits per heavy atom. The van der Waals surface area contributed by atoms with Crippen LogP contribution in [-0.4, -0.2) is 40.1 Å². The lowest BCUT2D eigenvalue weighted by Crippen LogP contribution is -2.47. The van der Waals surface area contributed by atoms with Crippen LogP contribution in [0.1, 0.15) is 62.6 Å². The van der Waals surface area contributed by atoms with E-state index >= 15 is 0 Å². The second-order valence-electron chi connectivity index (χ2n) is 6.15. The molecule has 1 aliphatic carbocycles. The molecule has 0 radical (unpaired) electrons. The minimum absolute atomic E-state index is 0. The minimum Gasteiger partial charge on any atom is -0.339 e. The lowest BCUT2D eigenvalue weighted by molar-refractivity contribution is -0.134. The van der Waals surface area contributed by atoms with Gasteiger partial charge in [-0.1, -0.05) is 5.16 Å². The third-order valence-corrected chi connectivity index (χ3v) is 4.43. The average Bonchev–Trinajstić information content (AvgIpc) is 3.27. The van der Waals surface area contributed by atoms with E-state index in [0.717, 1.165) is 31.6 Å². The molecule has 1 saturated carbocycles. The maximum absolute atomic E-state index is 12.3. The van der Waals surface area contributed by atoms with E-state index in [1.54, 1.807) is 0 Å². The Morgan fingerprint density at radius 1 is 1.32 bits per heavy atom. The van der Waals surface area contributed by atoms with Gasteiger partial charge >= 0.3 is 0 Å². The molecule has 1 aromatic heterocycles. The van der Waals surface area contributed by atoms with Crippen LogP contribution in [-0.2, 0) is 11.2 Å². The van der Waals surface area contributed by atoms with Gasteiger partial charge in [0.15, 0.2) is 5.82 Å². The molecule has 124 valence electrons. The molecule has 2 N–H and O–H groups in total. The van der Waals surface area contributed by atoms with E-state index in [1.165, 1.54) is 19.3 Å². The Balaban J connectivity index is 0.00000176. The van der Waals surface area contributed by atoms with Crippen molar-refractivity contribution in [3.05, 3.63) is 11.7 Å². The van der Waals surface area contributed by atoms with Gasteiger partial charge < -0.3 is 15.2 Å². The number of nitrogens with zero attached hydrogens (tertiary/aromatic N) is 3. The molecule has 2 fully saturated rings. The molecule has 2 heterocycles. The summed E-state index contributed by atoms with van der Waals surface area (Å²) in [5.74, 6) is 2.24.